The van der Waals surface area contributed by atoms with Crippen LogP contribution in [0.5, 0.6) is 17.2 Å². The number of hydrogen-bond acceptors (Lipinski definition) is 11. The molecule has 0 aliphatic heterocycles. The van der Waals surface area contributed by atoms with Crippen molar-refractivity contribution in [3.05, 3.63) is 89.5 Å². The fourth-order valence-corrected chi connectivity index (χ4v) is 4.23. The Bertz CT molecular complexity index is 1360. The second kappa shape index (κ2) is 21.1. The van der Waals surface area contributed by atoms with E-state index in [1.165, 1.54) is 0 Å². The molecule has 0 unspecified atom stereocenters. The minimum absolute atomic E-state index is 0.0127. The molecule has 0 amide bonds. The number of carbonyl (C=O) groups is 3. The molecule has 0 aliphatic rings. The zero-order valence-electron chi connectivity index (χ0n) is 26.2. The topological polar surface area (TPSA) is 136 Å². The van der Waals surface area contributed by atoms with Gasteiger partial charge in [0.15, 0.2) is 0 Å². The van der Waals surface area contributed by atoms with Gasteiger partial charge in [-0.25, -0.2) is 9.59 Å². The molecule has 3 aromatic carbocycles. The fraction of sp³-hybridized carbons (Fsp3) is 0.400. The fourth-order valence-electron chi connectivity index (χ4n) is 4.23. The first-order valence-corrected chi connectivity index (χ1v) is 15.3. The molecule has 0 aliphatic carbocycles. The molecule has 0 fully saturated rings. The monoisotopic (exact) mass is 638 g/mol. The molecule has 11 heteroatoms. The molecule has 3 aromatic rings. The van der Waals surface area contributed by atoms with Crippen molar-refractivity contribution >= 4 is 18.1 Å². The first-order chi connectivity index (χ1) is 22.4. The van der Waals surface area contributed by atoms with Crippen molar-refractivity contribution in [3.63, 3.8) is 0 Å². The second-order valence-electron chi connectivity index (χ2n) is 10.2. The smallest absolute Gasteiger partial charge is 0.491 e. The number of hydrogen-bond donors (Lipinski definition) is 1. The largest absolute Gasteiger partial charge is 0.508 e. The maximum atomic E-state index is 11.9. The first-order valence-electron chi connectivity index (χ1n) is 15.3. The van der Waals surface area contributed by atoms with E-state index in [0.29, 0.717) is 36.5 Å². The third-order valence-electron chi connectivity index (χ3n) is 6.41. The molecule has 1 N–H and O–H groups in total. The van der Waals surface area contributed by atoms with Gasteiger partial charge in [-0.05, 0) is 72.9 Å². The molecule has 11 nitrogen and oxygen atoms in total. The summed E-state index contributed by atoms with van der Waals surface area (Å²) in [6.07, 6.45) is 1.53. The van der Waals surface area contributed by atoms with Crippen LogP contribution in [0.25, 0.3) is 0 Å². The molecular weight excluding hydrogens is 596 g/mol. The Balaban J connectivity index is 1.23. The molecule has 0 atom stereocenters. The summed E-state index contributed by atoms with van der Waals surface area (Å²) in [5.41, 5.74) is 2.90. The molecule has 0 saturated carbocycles. The zero-order valence-corrected chi connectivity index (χ0v) is 26.2. The second-order valence-corrected chi connectivity index (χ2v) is 10.2. The van der Waals surface area contributed by atoms with E-state index in [-0.39, 0.29) is 58.6 Å². The summed E-state index contributed by atoms with van der Waals surface area (Å²) in [4.78, 5) is 34.9. The summed E-state index contributed by atoms with van der Waals surface area (Å²) < 4.78 is 37.1. The highest BCUT2D eigenvalue weighted by atomic mass is 16.7. The van der Waals surface area contributed by atoms with Gasteiger partial charge in [-0.1, -0.05) is 36.4 Å². The SMILES string of the molecule is CC(=O)CCCc1cccc(OCCOC(=O)OCCc2cccc(OCCOC(=O)OCCc3cccc(OCCO)c3)c2)c1. The summed E-state index contributed by atoms with van der Waals surface area (Å²) in [7, 11) is 0. The van der Waals surface area contributed by atoms with Gasteiger partial charge < -0.3 is 43.1 Å². The lowest BCUT2D eigenvalue weighted by Gasteiger charge is -2.10. The number of Topliss-reactive ketones (excluding diaryl/α,β-unsaturated/α-hetero) is 1. The summed E-state index contributed by atoms with van der Waals surface area (Å²) in [5, 5.41) is 8.86. The number of aryl methyl sites for hydroxylation is 1. The predicted molar refractivity (Wildman–Crippen MR) is 169 cm³/mol. The molecule has 0 spiro atoms. The highest BCUT2D eigenvalue weighted by molar-refractivity contribution is 5.75. The van der Waals surface area contributed by atoms with Crippen molar-refractivity contribution in [2.45, 2.75) is 39.0 Å². The van der Waals surface area contributed by atoms with Gasteiger partial charge in [0, 0.05) is 19.3 Å². The predicted octanol–water partition coefficient (Wildman–Crippen LogP) is 5.52. The molecule has 0 bridgehead atoms. The molecule has 3 rings (SSSR count). The van der Waals surface area contributed by atoms with Gasteiger partial charge in [-0.2, -0.15) is 0 Å². The van der Waals surface area contributed by atoms with Gasteiger partial charge in [0.2, 0.25) is 0 Å². The summed E-state index contributed by atoms with van der Waals surface area (Å²) in [5.74, 6) is 2.07. The highest BCUT2D eigenvalue weighted by Gasteiger charge is 2.08. The molecule has 0 aromatic heterocycles. The minimum atomic E-state index is -0.785. The number of rotatable bonds is 21. The Hall–Kier alpha value is -4.77. The quantitative estimate of drug-likeness (QED) is 0.117. The standard InChI is InChI=1S/C35H42O11/c1-27(37)6-2-7-28-8-3-12-32(24-28)41-20-22-45-35(39)44-18-15-30-10-5-13-33(26-30)42-21-23-46-34(38)43-17-14-29-9-4-11-31(25-29)40-19-16-36/h3-5,8-13,24-26,36H,2,6-7,14-23H2,1H3. The highest BCUT2D eigenvalue weighted by Crippen LogP contribution is 2.17. The van der Waals surface area contributed by atoms with Gasteiger partial charge in [0.05, 0.1) is 19.8 Å². The molecule has 0 radical (unpaired) electrons. The Kier molecular flexibility index (Phi) is 16.3. The number of aliphatic hydroxyl groups is 1. The molecule has 0 saturated heterocycles. The van der Waals surface area contributed by atoms with Crippen LogP contribution in [0.4, 0.5) is 9.59 Å². The van der Waals surface area contributed by atoms with Crippen LogP contribution in [0, 0.1) is 0 Å². The van der Waals surface area contributed by atoms with E-state index >= 15 is 0 Å². The Labute approximate surface area is 269 Å². The Morgan fingerprint density at radius 2 is 0.957 bits per heavy atom. The van der Waals surface area contributed by atoms with Crippen LogP contribution in [0.1, 0.15) is 36.5 Å². The maximum absolute atomic E-state index is 11.9. The summed E-state index contributed by atoms with van der Waals surface area (Å²) in [6, 6.07) is 22.2. The van der Waals surface area contributed by atoms with Gasteiger partial charge in [-0.3, -0.25) is 0 Å². The van der Waals surface area contributed by atoms with Crippen LogP contribution >= 0.6 is 0 Å². The molecule has 46 heavy (non-hydrogen) atoms. The van der Waals surface area contributed by atoms with Crippen LogP contribution in [0.15, 0.2) is 72.8 Å². The number of ketones is 1. The summed E-state index contributed by atoms with van der Waals surface area (Å²) >= 11 is 0. The van der Waals surface area contributed by atoms with Crippen molar-refractivity contribution in [2.24, 2.45) is 0 Å². The maximum Gasteiger partial charge on any atom is 0.508 e. The zero-order chi connectivity index (χ0) is 32.8. The number of carbonyl (C=O) groups excluding carboxylic acids is 3. The number of benzene rings is 3. The molecular formula is C35H42O11. The van der Waals surface area contributed by atoms with Crippen LogP contribution < -0.4 is 14.2 Å². The van der Waals surface area contributed by atoms with Crippen molar-refractivity contribution in [2.75, 3.05) is 52.9 Å². The van der Waals surface area contributed by atoms with Crippen molar-refractivity contribution in [1.29, 1.82) is 0 Å². The average Bonchev–Trinajstić information content (AvgIpc) is 3.05. The van der Waals surface area contributed by atoms with E-state index in [0.717, 1.165) is 29.5 Å². The van der Waals surface area contributed by atoms with Crippen molar-refractivity contribution in [3.8, 4) is 17.2 Å². The molecule has 0 heterocycles. The van der Waals surface area contributed by atoms with Crippen LogP contribution in [0.3, 0.4) is 0 Å². The minimum Gasteiger partial charge on any atom is -0.491 e. The summed E-state index contributed by atoms with van der Waals surface area (Å²) in [6.45, 7) is 2.38. The number of ether oxygens (including phenoxy) is 7. The third-order valence-corrected chi connectivity index (χ3v) is 6.41. The van der Waals surface area contributed by atoms with Crippen LogP contribution in [-0.2, 0) is 43.0 Å². The average molecular weight is 639 g/mol. The Morgan fingerprint density at radius 3 is 1.39 bits per heavy atom. The lowest BCUT2D eigenvalue weighted by Crippen LogP contribution is -2.15. The van der Waals surface area contributed by atoms with Crippen molar-refractivity contribution < 1.29 is 52.6 Å². The van der Waals surface area contributed by atoms with E-state index in [9.17, 15) is 14.4 Å². The van der Waals surface area contributed by atoms with Gasteiger partial charge in [0.1, 0.15) is 56.1 Å². The van der Waals surface area contributed by atoms with E-state index in [2.05, 4.69) is 0 Å². The van der Waals surface area contributed by atoms with E-state index in [1.54, 1.807) is 19.1 Å². The first kappa shape index (κ1) is 35.7. The van der Waals surface area contributed by atoms with Crippen LogP contribution in [-0.4, -0.2) is 76.1 Å². The normalized spacial score (nSPS) is 10.5. The Morgan fingerprint density at radius 1 is 0.543 bits per heavy atom. The van der Waals surface area contributed by atoms with Crippen molar-refractivity contribution in [1.82, 2.24) is 0 Å². The van der Waals surface area contributed by atoms with E-state index < -0.39 is 12.3 Å². The van der Waals surface area contributed by atoms with Gasteiger partial charge in [0.25, 0.3) is 0 Å². The third kappa shape index (κ3) is 15.3. The van der Waals surface area contributed by atoms with E-state index in [1.807, 2.05) is 60.7 Å². The van der Waals surface area contributed by atoms with Gasteiger partial charge >= 0.3 is 12.3 Å². The van der Waals surface area contributed by atoms with E-state index in [4.69, 9.17) is 38.3 Å². The van der Waals surface area contributed by atoms with Gasteiger partial charge in [-0.15, -0.1) is 0 Å². The lowest BCUT2D eigenvalue weighted by molar-refractivity contribution is -0.117. The molecule has 248 valence electrons. The number of aliphatic hydroxyl groups excluding tert-OH is 1. The van der Waals surface area contributed by atoms with Crippen LogP contribution in [0.2, 0.25) is 0 Å². The lowest BCUT2D eigenvalue weighted by atomic mass is 10.1.